The fourth-order valence-electron chi connectivity index (χ4n) is 3.44. The third kappa shape index (κ3) is 1.86. The van der Waals surface area contributed by atoms with Gasteiger partial charge in [-0.1, -0.05) is 66.7 Å². The normalized spacial score (nSPS) is 11.6. The van der Waals surface area contributed by atoms with E-state index in [0.717, 1.165) is 0 Å². The Morgan fingerprint density at radius 2 is 1.36 bits per heavy atom. The van der Waals surface area contributed by atoms with E-state index in [-0.39, 0.29) is 0 Å². The van der Waals surface area contributed by atoms with Crippen molar-refractivity contribution in [3.05, 3.63) is 72.8 Å². The molecule has 22 heavy (non-hydrogen) atoms. The highest BCUT2D eigenvalue weighted by molar-refractivity contribution is 6.12. The highest BCUT2D eigenvalue weighted by atomic mass is 15.0. The summed E-state index contributed by atoms with van der Waals surface area (Å²) in [5.41, 5.74) is 5.24. The van der Waals surface area contributed by atoms with Gasteiger partial charge in [-0.15, -0.1) is 0 Å². The van der Waals surface area contributed by atoms with Crippen molar-refractivity contribution < 1.29 is 0 Å². The molecule has 0 N–H and O–H groups in total. The molecule has 4 rings (SSSR count). The molecule has 0 saturated carbocycles. The van der Waals surface area contributed by atoms with E-state index in [2.05, 4.69) is 91.2 Å². The molecule has 0 unspecified atom stereocenters. The lowest BCUT2D eigenvalue weighted by molar-refractivity contribution is 0.642. The van der Waals surface area contributed by atoms with E-state index in [1.807, 2.05) is 0 Å². The molecule has 0 fully saturated rings. The summed E-state index contributed by atoms with van der Waals surface area (Å²) in [5, 5.41) is 2.68. The van der Waals surface area contributed by atoms with Gasteiger partial charge in [0.15, 0.2) is 0 Å². The number of aromatic nitrogens is 1. The van der Waals surface area contributed by atoms with E-state index in [9.17, 15) is 0 Å². The molecule has 4 aromatic rings. The zero-order valence-corrected chi connectivity index (χ0v) is 13.0. The fourth-order valence-corrected chi connectivity index (χ4v) is 3.44. The number of nitrogens with zero attached hydrogens (tertiary/aromatic N) is 1. The summed E-state index contributed by atoms with van der Waals surface area (Å²) in [4.78, 5) is 0. The van der Waals surface area contributed by atoms with Gasteiger partial charge in [-0.3, -0.25) is 0 Å². The van der Waals surface area contributed by atoms with E-state index in [0.29, 0.717) is 6.04 Å². The Labute approximate surface area is 130 Å². The molecular formula is C21H19N. The minimum atomic E-state index is 0.423. The van der Waals surface area contributed by atoms with Crippen molar-refractivity contribution in [2.75, 3.05) is 0 Å². The zero-order chi connectivity index (χ0) is 15.1. The van der Waals surface area contributed by atoms with Gasteiger partial charge in [0.05, 0.1) is 5.52 Å². The number of benzene rings is 3. The van der Waals surface area contributed by atoms with Crippen molar-refractivity contribution in [3.8, 4) is 11.1 Å². The van der Waals surface area contributed by atoms with Crippen LogP contribution in [-0.2, 0) is 0 Å². The summed E-state index contributed by atoms with van der Waals surface area (Å²) in [6.07, 6.45) is 0. The van der Waals surface area contributed by atoms with Crippen LogP contribution < -0.4 is 0 Å². The molecule has 0 saturated heterocycles. The zero-order valence-electron chi connectivity index (χ0n) is 13.0. The van der Waals surface area contributed by atoms with Gasteiger partial charge >= 0.3 is 0 Å². The molecule has 3 aromatic carbocycles. The predicted molar refractivity (Wildman–Crippen MR) is 95.3 cm³/mol. The second-order valence-corrected chi connectivity index (χ2v) is 6.05. The molecule has 1 nitrogen and oxygen atoms in total. The quantitative estimate of drug-likeness (QED) is 0.423. The van der Waals surface area contributed by atoms with Gasteiger partial charge in [-0.2, -0.15) is 0 Å². The number of para-hydroxylation sites is 2. The van der Waals surface area contributed by atoms with E-state index in [1.165, 1.54) is 32.9 Å². The minimum Gasteiger partial charge on any atom is -0.337 e. The lowest BCUT2D eigenvalue weighted by atomic mass is 10.0. The van der Waals surface area contributed by atoms with Crippen LogP contribution in [0.2, 0.25) is 0 Å². The van der Waals surface area contributed by atoms with E-state index >= 15 is 0 Å². The average molecular weight is 285 g/mol. The van der Waals surface area contributed by atoms with Crippen LogP contribution in [0.4, 0.5) is 0 Å². The van der Waals surface area contributed by atoms with Crippen molar-refractivity contribution in [2.45, 2.75) is 19.9 Å². The topological polar surface area (TPSA) is 4.93 Å². The molecule has 0 spiro atoms. The first-order valence-corrected chi connectivity index (χ1v) is 7.84. The van der Waals surface area contributed by atoms with Crippen LogP contribution in [0.15, 0.2) is 72.8 Å². The van der Waals surface area contributed by atoms with Crippen molar-refractivity contribution in [1.82, 2.24) is 4.57 Å². The van der Waals surface area contributed by atoms with Gasteiger partial charge in [-0.05, 0) is 25.5 Å². The van der Waals surface area contributed by atoms with Crippen LogP contribution in [0.5, 0.6) is 0 Å². The highest BCUT2D eigenvalue weighted by Gasteiger charge is 2.15. The minimum absolute atomic E-state index is 0.423. The van der Waals surface area contributed by atoms with Gasteiger partial charge in [0.25, 0.3) is 0 Å². The molecular weight excluding hydrogens is 266 g/mol. The molecule has 108 valence electrons. The molecule has 0 radical (unpaired) electrons. The maximum absolute atomic E-state index is 2.47. The van der Waals surface area contributed by atoms with E-state index < -0.39 is 0 Å². The maximum Gasteiger partial charge on any atom is 0.0573 e. The van der Waals surface area contributed by atoms with Gasteiger partial charge in [0.1, 0.15) is 0 Å². The first kappa shape index (κ1) is 13.1. The van der Waals surface area contributed by atoms with Crippen LogP contribution in [0.3, 0.4) is 0 Å². The SMILES string of the molecule is CC(C)n1c2ccccc2c2cccc(-c3ccccc3)c21. The van der Waals surface area contributed by atoms with Gasteiger partial charge in [0.2, 0.25) is 0 Å². The van der Waals surface area contributed by atoms with Crippen LogP contribution in [0.25, 0.3) is 32.9 Å². The third-order valence-electron chi connectivity index (χ3n) is 4.33. The summed E-state index contributed by atoms with van der Waals surface area (Å²) in [6.45, 7) is 4.52. The molecule has 0 aliphatic rings. The number of hydrogen-bond acceptors (Lipinski definition) is 0. The van der Waals surface area contributed by atoms with E-state index in [4.69, 9.17) is 0 Å². The third-order valence-corrected chi connectivity index (χ3v) is 4.33. The van der Waals surface area contributed by atoms with Crippen LogP contribution in [0.1, 0.15) is 19.9 Å². The molecule has 0 atom stereocenters. The number of hydrogen-bond donors (Lipinski definition) is 0. The molecule has 0 amide bonds. The summed E-state index contributed by atoms with van der Waals surface area (Å²) < 4.78 is 2.47. The van der Waals surface area contributed by atoms with Gasteiger partial charge < -0.3 is 4.57 Å². The summed E-state index contributed by atoms with van der Waals surface area (Å²) in [7, 11) is 0. The van der Waals surface area contributed by atoms with Crippen LogP contribution >= 0.6 is 0 Å². The Morgan fingerprint density at radius 1 is 0.682 bits per heavy atom. The first-order valence-electron chi connectivity index (χ1n) is 7.84. The average Bonchev–Trinajstić information content (AvgIpc) is 2.90. The van der Waals surface area contributed by atoms with Crippen molar-refractivity contribution >= 4 is 21.8 Å². The maximum atomic E-state index is 2.47. The van der Waals surface area contributed by atoms with Crippen molar-refractivity contribution in [2.24, 2.45) is 0 Å². The molecule has 1 heteroatoms. The molecule has 1 aromatic heterocycles. The smallest absolute Gasteiger partial charge is 0.0573 e. The van der Waals surface area contributed by atoms with Gasteiger partial charge in [0, 0.05) is 27.9 Å². The summed E-state index contributed by atoms with van der Waals surface area (Å²) >= 11 is 0. The summed E-state index contributed by atoms with van der Waals surface area (Å²) in [5.74, 6) is 0. The van der Waals surface area contributed by atoms with E-state index in [1.54, 1.807) is 0 Å². The highest BCUT2D eigenvalue weighted by Crippen LogP contribution is 2.37. The molecule has 0 aliphatic carbocycles. The van der Waals surface area contributed by atoms with Crippen molar-refractivity contribution in [1.29, 1.82) is 0 Å². The second kappa shape index (κ2) is 5.03. The lowest BCUT2D eigenvalue weighted by Crippen LogP contribution is -2.00. The molecule has 0 bridgehead atoms. The number of fused-ring (bicyclic) bond motifs is 3. The second-order valence-electron chi connectivity index (χ2n) is 6.05. The Kier molecular flexibility index (Phi) is 3.00. The Morgan fingerprint density at radius 3 is 2.14 bits per heavy atom. The molecule has 0 aliphatic heterocycles. The van der Waals surface area contributed by atoms with Gasteiger partial charge in [-0.25, -0.2) is 0 Å². The standard InChI is InChI=1S/C21H19N/c1-15(2)22-20-14-7-6-11-18(20)19-13-8-12-17(21(19)22)16-9-4-3-5-10-16/h3-15H,1-2H3. The van der Waals surface area contributed by atoms with Crippen molar-refractivity contribution in [3.63, 3.8) is 0 Å². The largest absolute Gasteiger partial charge is 0.337 e. The van der Waals surface area contributed by atoms with Crippen LogP contribution in [0, 0.1) is 0 Å². The first-order chi connectivity index (χ1) is 10.8. The Bertz CT molecular complexity index is 946. The van der Waals surface area contributed by atoms with Crippen LogP contribution in [-0.4, -0.2) is 4.57 Å². The Hall–Kier alpha value is -2.54. The molecule has 1 heterocycles. The monoisotopic (exact) mass is 285 g/mol. The Balaban J connectivity index is 2.20. The lowest BCUT2D eigenvalue weighted by Gasteiger charge is -2.14. The predicted octanol–water partition coefficient (Wildman–Crippen LogP) is 6.04. The fraction of sp³-hybridized carbons (Fsp3) is 0.143. The number of rotatable bonds is 2. The summed E-state index contributed by atoms with van der Waals surface area (Å²) in [6, 6.07) is 26.4.